The number of anilines is 1. The number of aromatic nitrogens is 4. The number of phosphoric acid groups is 3. The van der Waals surface area contributed by atoms with Crippen molar-refractivity contribution in [1.29, 1.82) is 0 Å². The molecule has 0 spiro atoms. The Morgan fingerprint density at radius 1 is 0.894 bits per heavy atom. The molecule has 3 unspecified atom stereocenters. The number of rotatable bonds is 33. The van der Waals surface area contributed by atoms with Gasteiger partial charge in [-0.05, 0) is 6.42 Å². The number of nitrogens with zero attached hydrogens (tertiary/aromatic N) is 4. The fourth-order valence-corrected chi connectivity index (χ4v) is 10.1. The first-order chi connectivity index (χ1) is 30.9. The lowest BCUT2D eigenvalue weighted by molar-refractivity contribution is -0.137. The number of carbonyl (C=O) groups is 4. The van der Waals surface area contributed by atoms with Gasteiger partial charge in [0.15, 0.2) is 22.8 Å². The van der Waals surface area contributed by atoms with Gasteiger partial charge in [-0.25, -0.2) is 28.6 Å². The van der Waals surface area contributed by atoms with E-state index in [9.17, 15) is 62.7 Å². The Balaban J connectivity index is 1.34. The van der Waals surface area contributed by atoms with Crippen LogP contribution < -0.4 is 16.4 Å². The fraction of sp³-hybridized carbons (Fsp3) is 0.757. The molecule has 1 saturated heterocycles. The summed E-state index contributed by atoms with van der Waals surface area (Å²) in [6.07, 6.45) is 6.01. The van der Waals surface area contributed by atoms with E-state index in [1.807, 2.05) is 0 Å². The first-order valence-electron chi connectivity index (χ1n) is 21.5. The van der Waals surface area contributed by atoms with Crippen molar-refractivity contribution in [3.8, 4) is 0 Å². The maximum absolute atomic E-state index is 12.7. The predicted octanol–water partition coefficient (Wildman–Crippen LogP) is 3.33. The van der Waals surface area contributed by atoms with Crippen LogP contribution in [0.2, 0.25) is 0 Å². The van der Waals surface area contributed by atoms with Gasteiger partial charge >= 0.3 is 23.5 Å². The number of phosphoric ester groups is 3. The number of imidazole rings is 1. The largest absolute Gasteiger partial charge is 0.481 e. The Hall–Kier alpha value is -2.77. The molecule has 1 aliphatic heterocycles. The molecule has 2 amide bonds. The summed E-state index contributed by atoms with van der Waals surface area (Å²) in [5.74, 6) is -1.39. The lowest BCUT2D eigenvalue weighted by Crippen LogP contribution is -2.46. The van der Waals surface area contributed by atoms with Gasteiger partial charge in [-0.2, -0.15) is 4.31 Å². The summed E-state index contributed by atoms with van der Waals surface area (Å²) in [5, 5.41) is 26.2. The molecule has 0 aliphatic carbocycles. The highest BCUT2D eigenvalue weighted by atomic mass is 32.2. The molecule has 66 heavy (non-hydrogen) atoms. The molecule has 376 valence electrons. The molecule has 3 rings (SSSR count). The van der Waals surface area contributed by atoms with Crippen molar-refractivity contribution in [3.05, 3.63) is 12.7 Å². The monoisotopic (exact) mass is 1020 g/mol. The summed E-state index contributed by atoms with van der Waals surface area (Å²) < 4.78 is 62.3. The fourth-order valence-electron chi connectivity index (χ4n) is 6.58. The molecule has 3 heterocycles. The molecule has 29 heteroatoms. The number of Topliss-reactive ketones (excluding diaryl/α,β-unsaturated/α-hetero) is 1. The minimum absolute atomic E-state index is 0.0262. The van der Waals surface area contributed by atoms with Crippen LogP contribution in [0.25, 0.3) is 11.2 Å². The second kappa shape index (κ2) is 27.4. The first kappa shape index (κ1) is 57.5. The lowest BCUT2D eigenvalue weighted by atomic mass is 9.87. The van der Waals surface area contributed by atoms with Gasteiger partial charge in [-0.15, -0.1) is 0 Å². The number of carbonyl (C=O) groups excluding carboxylic acids is 4. The van der Waals surface area contributed by atoms with Gasteiger partial charge in [0.05, 0.1) is 26.0 Å². The lowest BCUT2D eigenvalue weighted by Gasteiger charge is -2.30. The standard InChI is InChI=1S/C37H64N7O18P3S/c1-4-5-6-7-8-9-10-11-12-13-14-15-25(45)20-28(47)66-19-18-39-27(46)16-17-40-35(50)32(49)37(2,3)22-59-65(56,57)62-64(54,55)58-21-26-31(61-63(51,52)53)30(48)36(60-26)44-24-43-29-33(38)41-23-42-34(29)44/h23-24,26,30-32,36,48-49H,4-22H2,1-3H3,(H,39,46)(H,40,50)(H,54,55)(H,56,57)(H2,38,41,42)(H2,51,52,53)/t26-,30?,31+,32+,36-/m1/s1. The number of unbranched alkanes of at least 4 members (excludes halogenated alkanes) is 10. The second-order valence-corrected chi connectivity index (χ2v) is 21.7. The van der Waals surface area contributed by atoms with Gasteiger partial charge in [0.1, 0.15) is 42.0 Å². The van der Waals surface area contributed by atoms with E-state index < -0.39 is 84.6 Å². The first-order valence-corrected chi connectivity index (χ1v) is 27.0. The Bertz CT molecular complexity index is 2040. The van der Waals surface area contributed by atoms with Crippen molar-refractivity contribution in [2.24, 2.45) is 5.41 Å². The van der Waals surface area contributed by atoms with Gasteiger partial charge in [0.25, 0.3) is 0 Å². The minimum atomic E-state index is -5.59. The van der Waals surface area contributed by atoms with Crippen LogP contribution in [0.1, 0.15) is 117 Å². The van der Waals surface area contributed by atoms with Crippen LogP contribution in [-0.2, 0) is 55.5 Å². The van der Waals surface area contributed by atoms with Crippen LogP contribution in [-0.4, -0.2) is 128 Å². The number of hydrogen-bond acceptors (Lipinski definition) is 19. The molecular formula is C37H64N7O18P3S. The third kappa shape index (κ3) is 20.4. The number of aliphatic hydroxyl groups excluding tert-OH is 2. The summed E-state index contributed by atoms with van der Waals surface area (Å²) >= 11 is 0.937. The van der Waals surface area contributed by atoms with Gasteiger partial charge < -0.3 is 50.9 Å². The van der Waals surface area contributed by atoms with Crippen molar-refractivity contribution in [3.63, 3.8) is 0 Å². The summed E-state index contributed by atoms with van der Waals surface area (Å²) in [6.45, 7) is 2.55. The van der Waals surface area contributed by atoms with Crippen LogP contribution in [0.15, 0.2) is 12.7 Å². The number of hydrogen-bond donors (Lipinski definition) is 9. The van der Waals surface area contributed by atoms with E-state index in [1.165, 1.54) is 58.8 Å². The van der Waals surface area contributed by atoms with Crippen LogP contribution in [0.5, 0.6) is 0 Å². The molecule has 0 bridgehead atoms. The number of thioether (sulfide) groups is 1. The third-order valence-electron chi connectivity index (χ3n) is 10.2. The van der Waals surface area contributed by atoms with E-state index in [1.54, 1.807) is 0 Å². The van der Waals surface area contributed by atoms with Crippen molar-refractivity contribution in [1.82, 2.24) is 30.2 Å². The quantitative estimate of drug-likeness (QED) is 0.0281. The highest BCUT2D eigenvalue weighted by Gasteiger charge is 2.50. The maximum atomic E-state index is 12.7. The SMILES string of the molecule is CCCCCCCCCCCCCC(=O)CC(=O)SCCNC(=O)CCNC(=O)[C@H](O)C(C)(C)COP(=O)(O)OP(=O)(O)OC[C@H]1O[C@@H](n2cnc3c(N)ncnc32)C(O)[C@H]1OP(=O)(O)O. The Morgan fingerprint density at radius 2 is 1.52 bits per heavy atom. The minimum Gasteiger partial charge on any atom is -0.386 e. The summed E-state index contributed by atoms with van der Waals surface area (Å²) in [6, 6.07) is 0. The molecule has 1 fully saturated rings. The van der Waals surface area contributed by atoms with E-state index in [0.717, 1.165) is 54.7 Å². The summed E-state index contributed by atoms with van der Waals surface area (Å²) in [7, 11) is -16.4. The molecule has 0 aromatic carbocycles. The molecule has 0 radical (unpaired) electrons. The van der Waals surface area contributed by atoms with Gasteiger partial charge in [-0.3, -0.25) is 37.3 Å². The third-order valence-corrected chi connectivity index (χ3v) is 14.1. The molecule has 1 aliphatic rings. The van der Waals surface area contributed by atoms with Crippen LogP contribution in [0, 0.1) is 5.41 Å². The van der Waals surface area contributed by atoms with Crippen LogP contribution in [0.3, 0.4) is 0 Å². The highest BCUT2D eigenvalue weighted by Crippen LogP contribution is 2.61. The van der Waals surface area contributed by atoms with Crippen molar-refractivity contribution in [2.45, 2.75) is 141 Å². The number of amides is 2. The van der Waals surface area contributed by atoms with E-state index in [0.29, 0.717) is 6.42 Å². The van der Waals surface area contributed by atoms with E-state index in [4.69, 9.17) is 19.5 Å². The molecule has 0 saturated carbocycles. The molecule has 10 N–H and O–H groups in total. The predicted molar refractivity (Wildman–Crippen MR) is 238 cm³/mol. The van der Waals surface area contributed by atoms with Gasteiger partial charge in [-0.1, -0.05) is 96.7 Å². The number of nitrogen functional groups attached to an aromatic ring is 1. The Morgan fingerprint density at radius 3 is 2.15 bits per heavy atom. The Kier molecular flexibility index (Phi) is 23.9. The van der Waals surface area contributed by atoms with E-state index in [-0.39, 0.29) is 59.6 Å². The molecule has 25 nitrogen and oxygen atoms in total. The Labute approximate surface area is 386 Å². The highest BCUT2D eigenvalue weighted by molar-refractivity contribution is 8.13. The van der Waals surface area contributed by atoms with Gasteiger partial charge in [0, 0.05) is 37.1 Å². The van der Waals surface area contributed by atoms with Crippen LogP contribution in [0.4, 0.5) is 5.82 Å². The number of nitrogens with two attached hydrogens (primary N) is 1. The average molecular weight is 1020 g/mol. The number of fused-ring (bicyclic) bond motifs is 1. The number of ketones is 1. The number of nitrogens with one attached hydrogen (secondary N) is 2. The maximum Gasteiger partial charge on any atom is 0.481 e. The summed E-state index contributed by atoms with van der Waals surface area (Å²) in [4.78, 5) is 100. The zero-order chi connectivity index (χ0) is 49.1. The summed E-state index contributed by atoms with van der Waals surface area (Å²) in [5.41, 5.74) is 4.24. The molecular weight excluding hydrogens is 955 g/mol. The zero-order valence-electron chi connectivity index (χ0n) is 37.2. The van der Waals surface area contributed by atoms with E-state index in [2.05, 4.69) is 41.3 Å². The molecule has 7 atom stereocenters. The topological polar surface area (TPSA) is 381 Å². The van der Waals surface area contributed by atoms with Crippen molar-refractivity contribution < 1.29 is 85.3 Å². The van der Waals surface area contributed by atoms with Gasteiger partial charge in [0.2, 0.25) is 11.8 Å². The van der Waals surface area contributed by atoms with E-state index >= 15 is 0 Å². The zero-order valence-corrected chi connectivity index (χ0v) is 40.7. The normalized spacial score (nSPS) is 20.1. The number of aliphatic hydroxyl groups is 2. The number of ether oxygens (including phenoxy) is 1. The smallest absolute Gasteiger partial charge is 0.386 e. The van der Waals surface area contributed by atoms with Crippen LogP contribution >= 0.6 is 35.2 Å². The van der Waals surface area contributed by atoms with Crippen molar-refractivity contribution in [2.75, 3.05) is 37.8 Å². The molecule has 2 aromatic rings. The average Bonchev–Trinajstić information content (AvgIpc) is 3.79. The van der Waals surface area contributed by atoms with Crippen molar-refractivity contribution >= 4 is 74.9 Å². The second-order valence-electron chi connectivity index (χ2n) is 16.3. The molecule has 2 aromatic heterocycles.